The van der Waals surface area contributed by atoms with Crippen molar-refractivity contribution in [2.75, 3.05) is 0 Å². The van der Waals surface area contributed by atoms with Crippen LogP contribution in [-0.4, -0.2) is 5.25 Å². The maximum Gasteiger partial charge on any atom is -0.000895 e. The second-order valence-corrected chi connectivity index (χ2v) is 3.41. The van der Waals surface area contributed by atoms with Crippen LogP contribution in [0.1, 0.15) is 26.2 Å². The zero-order chi connectivity index (χ0) is 5.28. The van der Waals surface area contributed by atoms with E-state index in [0.717, 1.165) is 5.92 Å². The maximum atomic E-state index is 4.28. The molecule has 1 heteroatoms. The molecule has 0 aromatic carbocycles. The first-order chi connectivity index (χ1) is 3.29. The van der Waals surface area contributed by atoms with Crippen LogP contribution in [0.15, 0.2) is 0 Å². The van der Waals surface area contributed by atoms with Crippen LogP contribution in [0.5, 0.6) is 0 Å². The van der Waals surface area contributed by atoms with Gasteiger partial charge in [0.25, 0.3) is 0 Å². The van der Waals surface area contributed by atoms with Gasteiger partial charge in [0, 0.05) is 0 Å². The zero-order valence-electron chi connectivity index (χ0n) is 4.72. The molecule has 0 bridgehead atoms. The number of thiol groups is 1. The predicted molar refractivity (Wildman–Crippen MR) is 35.8 cm³/mol. The van der Waals surface area contributed by atoms with Gasteiger partial charge in [-0.15, -0.1) is 0 Å². The van der Waals surface area contributed by atoms with Crippen molar-refractivity contribution in [3.63, 3.8) is 0 Å². The van der Waals surface area contributed by atoms with E-state index in [4.69, 9.17) is 0 Å². The minimum atomic E-state index is 0.632. The summed E-state index contributed by atoms with van der Waals surface area (Å²) in [5.74, 6) is 1.05. The minimum absolute atomic E-state index is 0.632. The summed E-state index contributed by atoms with van der Waals surface area (Å²) in [5.41, 5.74) is 0. The SMILES string of the molecule is C[C@@H](S)CC1CC1. The number of rotatable bonds is 2. The molecule has 0 aliphatic heterocycles. The van der Waals surface area contributed by atoms with Crippen LogP contribution in [-0.2, 0) is 0 Å². The van der Waals surface area contributed by atoms with E-state index in [1.165, 1.54) is 19.3 Å². The molecule has 0 unspecified atom stereocenters. The molecule has 1 rings (SSSR count). The van der Waals surface area contributed by atoms with Crippen molar-refractivity contribution in [1.82, 2.24) is 0 Å². The van der Waals surface area contributed by atoms with Gasteiger partial charge in [0.05, 0.1) is 0 Å². The Morgan fingerprint density at radius 3 is 2.43 bits per heavy atom. The van der Waals surface area contributed by atoms with Gasteiger partial charge in [-0.3, -0.25) is 0 Å². The third kappa shape index (κ3) is 2.22. The summed E-state index contributed by atoms with van der Waals surface area (Å²) in [6.45, 7) is 2.17. The summed E-state index contributed by atoms with van der Waals surface area (Å²) in [6.07, 6.45) is 4.26. The molecule has 0 heterocycles. The summed E-state index contributed by atoms with van der Waals surface area (Å²) in [7, 11) is 0. The topological polar surface area (TPSA) is 0 Å². The van der Waals surface area contributed by atoms with Crippen LogP contribution in [0.4, 0.5) is 0 Å². The van der Waals surface area contributed by atoms with Crippen LogP contribution >= 0.6 is 12.6 Å². The molecular weight excluding hydrogens is 104 g/mol. The van der Waals surface area contributed by atoms with Gasteiger partial charge in [-0.1, -0.05) is 19.8 Å². The standard InChI is InChI=1S/C6H12S/c1-5(7)4-6-2-3-6/h5-7H,2-4H2,1H3/t5-/m1/s1. The third-order valence-electron chi connectivity index (χ3n) is 1.37. The Bertz CT molecular complexity index is 55.2. The molecule has 1 atom stereocenters. The zero-order valence-corrected chi connectivity index (χ0v) is 5.62. The van der Waals surface area contributed by atoms with Crippen LogP contribution in [0.2, 0.25) is 0 Å². The van der Waals surface area contributed by atoms with Crippen molar-refractivity contribution < 1.29 is 0 Å². The lowest BCUT2D eigenvalue weighted by Gasteiger charge is -1.97. The molecule has 0 radical (unpaired) electrons. The predicted octanol–water partition coefficient (Wildman–Crippen LogP) is 2.10. The third-order valence-corrected chi connectivity index (χ3v) is 1.58. The summed E-state index contributed by atoms with van der Waals surface area (Å²) in [5, 5.41) is 0.632. The fourth-order valence-corrected chi connectivity index (χ4v) is 1.13. The summed E-state index contributed by atoms with van der Waals surface area (Å²) < 4.78 is 0. The lowest BCUT2D eigenvalue weighted by molar-refractivity contribution is 0.724. The van der Waals surface area contributed by atoms with E-state index in [0.29, 0.717) is 5.25 Å². The monoisotopic (exact) mass is 116 g/mol. The lowest BCUT2D eigenvalue weighted by atomic mass is 10.2. The van der Waals surface area contributed by atoms with E-state index in [9.17, 15) is 0 Å². The smallest absolute Gasteiger partial charge is 0.000895 e. The van der Waals surface area contributed by atoms with Crippen molar-refractivity contribution >= 4 is 12.6 Å². The molecular formula is C6H12S. The summed E-state index contributed by atoms with van der Waals surface area (Å²) in [6, 6.07) is 0. The van der Waals surface area contributed by atoms with Gasteiger partial charge >= 0.3 is 0 Å². The van der Waals surface area contributed by atoms with Gasteiger partial charge in [0.2, 0.25) is 0 Å². The van der Waals surface area contributed by atoms with E-state index in [2.05, 4.69) is 19.6 Å². The Balaban J connectivity index is 1.97. The van der Waals surface area contributed by atoms with E-state index in [1.807, 2.05) is 0 Å². The van der Waals surface area contributed by atoms with Gasteiger partial charge in [-0.25, -0.2) is 0 Å². The summed E-state index contributed by atoms with van der Waals surface area (Å²) in [4.78, 5) is 0. The van der Waals surface area contributed by atoms with Crippen molar-refractivity contribution in [2.45, 2.75) is 31.4 Å². The molecule has 0 aromatic rings. The van der Waals surface area contributed by atoms with E-state index in [1.54, 1.807) is 0 Å². The van der Waals surface area contributed by atoms with Gasteiger partial charge < -0.3 is 0 Å². The van der Waals surface area contributed by atoms with Gasteiger partial charge in [0.1, 0.15) is 0 Å². The van der Waals surface area contributed by atoms with Crippen molar-refractivity contribution in [3.05, 3.63) is 0 Å². The Kier molecular flexibility index (Phi) is 1.63. The van der Waals surface area contributed by atoms with Gasteiger partial charge in [-0.05, 0) is 17.6 Å². The molecule has 1 aliphatic rings. The van der Waals surface area contributed by atoms with Crippen LogP contribution in [0.25, 0.3) is 0 Å². The quantitative estimate of drug-likeness (QED) is 0.525. The van der Waals surface area contributed by atoms with Crippen molar-refractivity contribution in [3.8, 4) is 0 Å². The minimum Gasteiger partial charge on any atom is -0.176 e. The molecule has 0 amide bonds. The summed E-state index contributed by atoms with van der Waals surface area (Å²) >= 11 is 4.28. The highest BCUT2D eigenvalue weighted by molar-refractivity contribution is 7.80. The van der Waals surface area contributed by atoms with E-state index < -0.39 is 0 Å². The Labute approximate surface area is 50.7 Å². The van der Waals surface area contributed by atoms with E-state index >= 15 is 0 Å². The molecule has 1 fully saturated rings. The van der Waals surface area contributed by atoms with Crippen LogP contribution in [0, 0.1) is 5.92 Å². The highest BCUT2D eigenvalue weighted by Crippen LogP contribution is 2.34. The Morgan fingerprint density at radius 2 is 2.29 bits per heavy atom. The van der Waals surface area contributed by atoms with Crippen molar-refractivity contribution in [1.29, 1.82) is 0 Å². The van der Waals surface area contributed by atoms with Gasteiger partial charge in [0.15, 0.2) is 0 Å². The second kappa shape index (κ2) is 2.08. The first-order valence-corrected chi connectivity index (χ1v) is 3.48. The molecule has 0 N–H and O–H groups in total. The molecule has 0 nitrogen and oxygen atoms in total. The lowest BCUT2D eigenvalue weighted by Crippen LogP contribution is -1.90. The highest BCUT2D eigenvalue weighted by atomic mass is 32.1. The Hall–Kier alpha value is 0.350. The highest BCUT2D eigenvalue weighted by Gasteiger charge is 2.21. The van der Waals surface area contributed by atoms with Crippen LogP contribution in [0.3, 0.4) is 0 Å². The molecule has 42 valence electrons. The fourth-order valence-electron chi connectivity index (χ4n) is 0.836. The average Bonchev–Trinajstić information content (AvgIpc) is 2.17. The fraction of sp³-hybridized carbons (Fsp3) is 1.00. The molecule has 1 saturated carbocycles. The van der Waals surface area contributed by atoms with Crippen molar-refractivity contribution in [2.24, 2.45) is 5.92 Å². The number of hydrogen-bond acceptors (Lipinski definition) is 1. The molecule has 0 aromatic heterocycles. The molecule has 7 heavy (non-hydrogen) atoms. The molecule has 0 saturated heterocycles. The first kappa shape index (κ1) is 5.49. The second-order valence-electron chi connectivity index (χ2n) is 2.53. The van der Waals surface area contributed by atoms with Gasteiger partial charge in [-0.2, -0.15) is 12.6 Å². The molecule has 1 aliphatic carbocycles. The number of hydrogen-bond donors (Lipinski definition) is 1. The largest absolute Gasteiger partial charge is 0.176 e. The Morgan fingerprint density at radius 1 is 1.71 bits per heavy atom. The normalized spacial score (nSPS) is 24.9. The van der Waals surface area contributed by atoms with Crippen LogP contribution < -0.4 is 0 Å². The first-order valence-electron chi connectivity index (χ1n) is 2.97. The molecule has 0 spiro atoms. The van der Waals surface area contributed by atoms with E-state index in [-0.39, 0.29) is 0 Å². The average molecular weight is 116 g/mol. The maximum absolute atomic E-state index is 4.28.